The molecule has 0 saturated carbocycles. The van der Waals surface area contributed by atoms with Crippen molar-refractivity contribution in [1.29, 1.82) is 0 Å². The largest absolute Gasteiger partial charge is 0.481 e. The molecule has 21 heavy (non-hydrogen) atoms. The minimum atomic E-state index is 0.296. The summed E-state index contributed by atoms with van der Waals surface area (Å²) in [6.45, 7) is 7.06. The molecule has 0 aliphatic rings. The number of methoxy groups -OCH3 is 1. The standard InChI is InChI=1S/C15H19BrN4O/c1-5-17-15-12(16)13(9(2)3)19-14(20-15)10-6-7-11(21-4)18-8-10/h6-9H,5H2,1-4H3,(H,17,19,20). The number of pyridine rings is 1. The number of rotatable bonds is 5. The van der Waals surface area contributed by atoms with E-state index in [1.54, 1.807) is 13.3 Å². The van der Waals surface area contributed by atoms with Crippen LogP contribution < -0.4 is 10.1 Å². The number of nitrogens with zero attached hydrogens (tertiary/aromatic N) is 3. The van der Waals surface area contributed by atoms with E-state index in [4.69, 9.17) is 4.74 Å². The predicted octanol–water partition coefficient (Wildman–Crippen LogP) is 3.86. The second-order valence-corrected chi connectivity index (χ2v) is 5.66. The van der Waals surface area contributed by atoms with E-state index in [1.807, 2.05) is 19.1 Å². The Morgan fingerprint density at radius 3 is 2.57 bits per heavy atom. The van der Waals surface area contributed by atoms with Crippen LogP contribution in [0.3, 0.4) is 0 Å². The molecule has 6 heteroatoms. The maximum atomic E-state index is 5.08. The number of hydrogen-bond acceptors (Lipinski definition) is 5. The maximum Gasteiger partial charge on any atom is 0.212 e. The van der Waals surface area contributed by atoms with Crippen LogP contribution in [0.4, 0.5) is 5.82 Å². The van der Waals surface area contributed by atoms with Gasteiger partial charge in [-0.2, -0.15) is 0 Å². The van der Waals surface area contributed by atoms with Crippen molar-refractivity contribution in [1.82, 2.24) is 15.0 Å². The Morgan fingerprint density at radius 1 is 1.29 bits per heavy atom. The summed E-state index contributed by atoms with van der Waals surface area (Å²) in [6.07, 6.45) is 1.72. The van der Waals surface area contributed by atoms with Gasteiger partial charge < -0.3 is 10.1 Å². The van der Waals surface area contributed by atoms with E-state index in [2.05, 4.69) is 50.0 Å². The summed E-state index contributed by atoms with van der Waals surface area (Å²) in [5.74, 6) is 2.34. The van der Waals surface area contributed by atoms with Gasteiger partial charge in [0, 0.05) is 24.4 Å². The second kappa shape index (κ2) is 6.85. The summed E-state index contributed by atoms with van der Waals surface area (Å²) in [4.78, 5) is 13.5. The van der Waals surface area contributed by atoms with Gasteiger partial charge in [0.05, 0.1) is 17.3 Å². The van der Waals surface area contributed by atoms with Crippen LogP contribution in [0, 0.1) is 0 Å². The van der Waals surface area contributed by atoms with Gasteiger partial charge in [0.1, 0.15) is 5.82 Å². The van der Waals surface area contributed by atoms with Gasteiger partial charge in [0.25, 0.3) is 0 Å². The predicted molar refractivity (Wildman–Crippen MR) is 87.8 cm³/mol. The summed E-state index contributed by atoms with van der Waals surface area (Å²) >= 11 is 3.59. The monoisotopic (exact) mass is 350 g/mol. The van der Waals surface area contributed by atoms with Crippen molar-refractivity contribution in [2.45, 2.75) is 26.7 Å². The van der Waals surface area contributed by atoms with Gasteiger partial charge >= 0.3 is 0 Å². The smallest absolute Gasteiger partial charge is 0.212 e. The Kier molecular flexibility index (Phi) is 5.12. The van der Waals surface area contributed by atoms with Gasteiger partial charge in [-0.25, -0.2) is 15.0 Å². The Hall–Kier alpha value is -1.69. The third-order valence-corrected chi connectivity index (χ3v) is 3.75. The molecule has 2 rings (SSSR count). The van der Waals surface area contributed by atoms with Crippen LogP contribution in [-0.4, -0.2) is 28.6 Å². The number of aromatic nitrogens is 3. The van der Waals surface area contributed by atoms with Gasteiger partial charge in [-0.3, -0.25) is 0 Å². The molecule has 0 atom stereocenters. The van der Waals surface area contributed by atoms with E-state index in [-0.39, 0.29) is 0 Å². The van der Waals surface area contributed by atoms with Crippen molar-refractivity contribution >= 4 is 21.7 Å². The lowest BCUT2D eigenvalue weighted by Crippen LogP contribution is -2.07. The van der Waals surface area contributed by atoms with Crippen molar-refractivity contribution in [2.24, 2.45) is 0 Å². The molecule has 0 bridgehead atoms. The molecule has 0 radical (unpaired) electrons. The fourth-order valence-corrected chi connectivity index (χ4v) is 2.67. The van der Waals surface area contributed by atoms with Crippen molar-refractivity contribution < 1.29 is 4.74 Å². The third-order valence-electron chi connectivity index (χ3n) is 2.97. The van der Waals surface area contributed by atoms with Crippen LogP contribution in [0.2, 0.25) is 0 Å². The molecular formula is C15H19BrN4O. The van der Waals surface area contributed by atoms with E-state index in [1.165, 1.54) is 0 Å². The lowest BCUT2D eigenvalue weighted by molar-refractivity contribution is 0.398. The van der Waals surface area contributed by atoms with Crippen LogP contribution in [0.25, 0.3) is 11.4 Å². The molecular weight excluding hydrogens is 332 g/mol. The topological polar surface area (TPSA) is 59.9 Å². The SMILES string of the molecule is CCNc1nc(-c2ccc(OC)nc2)nc(C(C)C)c1Br. The second-order valence-electron chi connectivity index (χ2n) is 4.87. The zero-order valence-electron chi connectivity index (χ0n) is 12.6. The first-order valence-electron chi connectivity index (χ1n) is 6.88. The molecule has 0 aromatic carbocycles. The van der Waals surface area contributed by atoms with Gasteiger partial charge in [0.2, 0.25) is 5.88 Å². The summed E-state index contributed by atoms with van der Waals surface area (Å²) < 4.78 is 6.00. The Balaban J connectivity index is 2.51. The van der Waals surface area contributed by atoms with Gasteiger partial charge in [-0.15, -0.1) is 0 Å². The number of nitrogens with one attached hydrogen (secondary N) is 1. The highest BCUT2D eigenvalue weighted by molar-refractivity contribution is 9.10. The van der Waals surface area contributed by atoms with E-state index in [0.717, 1.165) is 28.1 Å². The van der Waals surface area contributed by atoms with Crippen LogP contribution in [0.1, 0.15) is 32.4 Å². The minimum Gasteiger partial charge on any atom is -0.481 e. The molecule has 0 aliphatic heterocycles. The van der Waals surface area contributed by atoms with Crippen molar-refractivity contribution in [3.63, 3.8) is 0 Å². The lowest BCUT2D eigenvalue weighted by atomic mass is 10.1. The van der Waals surface area contributed by atoms with Gasteiger partial charge in [-0.05, 0) is 34.8 Å². The molecule has 112 valence electrons. The van der Waals surface area contributed by atoms with E-state index in [0.29, 0.717) is 17.6 Å². The third kappa shape index (κ3) is 3.50. The molecule has 0 fully saturated rings. The van der Waals surface area contributed by atoms with Crippen molar-refractivity contribution in [3.8, 4) is 17.3 Å². The lowest BCUT2D eigenvalue weighted by Gasteiger charge is -2.14. The fourth-order valence-electron chi connectivity index (χ4n) is 1.89. The summed E-state index contributed by atoms with van der Waals surface area (Å²) in [5.41, 5.74) is 1.84. The van der Waals surface area contributed by atoms with E-state index < -0.39 is 0 Å². The number of hydrogen-bond donors (Lipinski definition) is 1. The highest BCUT2D eigenvalue weighted by Gasteiger charge is 2.15. The quantitative estimate of drug-likeness (QED) is 0.886. The molecule has 0 aliphatic carbocycles. The maximum absolute atomic E-state index is 5.08. The van der Waals surface area contributed by atoms with Crippen LogP contribution >= 0.6 is 15.9 Å². The fraction of sp³-hybridized carbons (Fsp3) is 0.400. The van der Waals surface area contributed by atoms with Crippen LogP contribution in [-0.2, 0) is 0 Å². The van der Waals surface area contributed by atoms with Crippen LogP contribution in [0.5, 0.6) is 5.88 Å². The molecule has 0 spiro atoms. The molecule has 0 unspecified atom stereocenters. The van der Waals surface area contributed by atoms with Gasteiger partial charge in [-0.1, -0.05) is 13.8 Å². The molecule has 2 heterocycles. The number of anilines is 1. The molecule has 0 saturated heterocycles. The normalized spacial score (nSPS) is 10.8. The van der Waals surface area contributed by atoms with Crippen molar-refractivity contribution in [2.75, 3.05) is 19.0 Å². The molecule has 2 aromatic rings. The molecule has 5 nitrogen and oxygen atoms in total. The Labute approximate surface area is 133 Å². The summed E-state index contributed by atoms with van der Waals surface area (Å²) in [6, 6.07) is 3.72. The zero-order chi connectivity index (χ0) is 15.4. The average Bonchev–Trinajstić information content (AvgIpc) is 2.49. The summed E-state index contributed by atoms with van der Waals surface area (Å²) in [7, 11) is 1.60. The number of halogens is 1. The Morgan fingerprint density at radius 2 is 2.05 bits per heavy atom. The van der Waals surface area contributed by atoms with Crippen molar-refractivity contribution in [3.05, 3.63) is 28.5 Å². The number of ether oxygens (including phenoxy) is 1. The minimum absolute atomic E-state index is 0.296. The highest BCUT2D eigenvalue weighted by Crippen LogP contribution is 2.31. The first-order valence-corrected chi connectivity index (χ1v) is 7.67. The van der Waals surface area contributed by atoms with Gasteiger partial charge in [0.15, 0.2) is 5.82 Å². The molecule has 1 N–H and O–H groups in total. The summed E-state index contributed by atoms with van der Waals surface area (Å²) in [5, 5.41) is 3.26. The highest BCUT2D eigenvalue weighted by atomic mass is 79.9. The first kappa shape index (κ1) is 15.7. The average molecular weight is 351 g/mol. The zero-order valence-corrected chi connectivity index (χ0v) is 14.2. The Bertz CT molecular complexity index is 614. The first-order chi connectivity index (χ1) is 10.1. The van der Waals surface area contributed by atoms with E-state index in [9.17, 15) is 0 Å². The van der Waals surface area contributed by atoms with E-state index >= 15 is 0 Å². The van der Waals surface area contributed by atoms with Crippen LogP contribution in [0.15, 0.2) is 22.8 Å². The molecule has 0 amide bonds. The molecule has 2 aromatic heterocycles.